The number of carbonyl (C=O) groups excluding carboxylic acids is 1. The molecule has 1 amide bonds. The number of carbonyl (C=O) groups is 1. The molecule has 0 aliphatic carbocycles. The van der Waals surface area contributed by atoms with Crippen LogP contribution in [-0.2, 0) is 21.2 Å². The Morgan fingerprint density at radius 2 is 1.67 bits per heavy atom. The third-order valence-electron chi connectivity index (χ3n) is 4.18. The second-order valence-corrected chi connectivity index (χ2v) is 9.04. The summed E-state index contributed by atoms with van der Waals surface area (Å²) in [4.78, 5) is 12.6. The van der Waals surface area contributed by atoms with E-state index in [1.54, 1.807) is 31.2 Å². The van der Waals surface area contributed by atoms with Gasteiger partial charge in [0.2, 0.25) is 15.9 Å². The Balaban J connectivity index is 2.11. The van der Waals surface area contributed by atoms with Crippen molar-refractivity contribution in [2.24, 2.45) is 0 Å². The molecule has 0 radical (unpaired) electrons. The summed E-state index contributed by atoms with van der Waals surface area (Å²) in [6, 6.07) is 12.0. The number of hydrogen-bond acceptors (Lipinski definition) is 3. The van der Waals surface area contributed by atoms with Crippen molar-refractivity contribution >= 4 is 33.2 Å². The molecule has 1 atom stereocenters. The fourth-order valence-corrected chi connectivity index (χ4v) is 4.30. The molecule has 27 heavy (non-hydrogen) atoms. The highest BCUT2D eigenvalue weighted by molar-refractivity contribution is 7.92. The van der Waals surface area contributed by atoms with E-state index >= 15 is 0 Å². The molecular weight excluding hydrogens is 384 g/mol. The van der Waals surface area contributed by atoms with Crippen LogP contribution in [0.4, 0.5) is 5.69 Å². The number of halogens is 1. The van der Waals surface area contributed by atoms with Crippen molar-refractivity contribution in [1.29, 1.82) is 0 Å². The van der Waals surface area contributed by atoms with Crippen LogP contribution in [0.2, 0.25) is 5.02 Å². The van der Waals surface area contributed by atoms with Gasteiger partial charge in [-0.15, -0.1) is 0 Å². The van der Waals surface area contributed by atoms with Crippen LogP contribution in [0.1, 0.15) is 23.6 Å². The maximum atomic E-state index is 12.6. The fraction of sp³-hybridized carbons (Fsp3) is 0.350. The zero-order chi connectivity index (χ0) is 20.2. The van der Waals surface area contributed by atoms with Crippen LogP contribution in [0.25, 0.3) is 0 Å². The first-order valence-electron chi connectivity index (χ1n) is 8.68. The van der Waals surface area contributed by atoms with Crippen molar-refractivity contribution in [3.8, 4) is 0 Å². The Bertz CT molecular complexity index is 891. The molecule has 0 aliphatic heterocycles. The lowest BCUT2D eigenvalue weighted by Crippen LogP contribution is -2.48. The summed E-state index contributed by atoms with van der Waals surface area (Å²) >= 11 is 5.86. The number of nitrogens with zero attached hydrogens (tertiary/aromatic N) is 1. The van der Waals surface area contributed by atoms with Gasteiger partial charge < -0.3 is 5.32 Å². The van der Waals surface area contributed by atoms with Crippen LogP contribution in [0, 0.1) is 13.8 Å². The minimum atomic E-state index is -3.62. The average molecular weight is 409 g/mol. The van der Waals surface area contributed by atoms with Crippen LogP contribution in [-0.4, -0.2) is 33.2 Å². The Morgan fingerprint density at radius 3 is 2.19 bits per heavy atom. The zero-order valence-electron chi connectivity index (χ0n) is 16.0. The molecule has 0 unspecified atom stereocenters. The lowest BCUT2D eigenvalue weighted by atomic mass is 10.1. The second-order valence-electron chi connectivity index (χ2n) is 6.75. The van der Waals surface area contributed by atoms with Gasteiger partial charge in [0.1, 0.15) is 6.04 Å². The molecule has 0 heterocycles. The van der Waals surface area contributed by atoms with Crippen molar-refractivity contribution in [2.45, 2.75) is 33.2 Å². The molecule has 146 valence electrons. The van der Waals surface area contributed by atoms with Crippen LogP contribution in [0.15, 0.2) is 42.5 Å². The summed E-state index contributed by atoms with van der Waals surface area (Å²) in [5.74, 6) is -0.339. The quantitative estimate of drug-likeness (QED) is 0.762. The number of benzene rings is 2. The number of rotatable bonds is 7. The summed E-state index contributed by atoms with van der Waals surface area (Å²) in [6.07, 6.45) is 1.75. The zero-order valence-corrected chi connectivity index (χ0v) is 17.6. The fourth-order valence-electron chi connectivity index (χ4n) is 3.02. The first-order valence-corrected chi connectivity index (χ1v) is 10.9. The normalized spacial score (nSPS) is 12.5. The molecule has 1 N–H and O–H groups in total. The molecule has 0 aromatic heterocycles. The van der Waals surface area contributed by atoms with E-state index in [2.05, 4.69) is 5.32 Å². The summed E-state index contributed by atoms with van der Waals surface area (Å²) in [5.41, 5.74) is 3.42. The third kappa shape index (κ3) is 5.97. The van der Waals surface area contributed by atoms with E-state index in [0.29, 0.717) is 23.7 Å². The van der Waals surface area contributed by atoms with E-state index in [-0.39, 0.29) is 5.91 Å². The van der Waals surface area contributed by atoms with Crippen molar-refractivity contribution in [1.82, 2.24) is 5.32 Å². The predicted octanol–water partition coefficient (Wildman–Crippen LogP) is 3.47. The standard InChI is InChI=1S/C20H25ClN2O3S/c1-14-11-15(2)13-19(12-14)23(27(4,25)26)16(3)20(24)22-10-9-17-5-7-18(21)8-6-17/h5-8,11-13,16H,9-10H2,1-4H3,(H,22,24)/t16-/m1/s1. The van der Waals surface area contributed by atoms with Crippen LogP contribution in [0.5, 0.6) is 0 Å². The first kappa shape index (κ1) is 21.3. The van der Waals surface area contributed by atoms with Gasteiger partial charge in [-0.25, -0.2) is 8.42 Å². The molecule has 2 aromatic carbocycles. The van der Waals surface area contributed by atoms with Gasteiger partial charge in [0.15, 0.2) is 0 Å². The Labute approximate surface area is 166 Å². The van der Waals surface area contributed by atoms with Crippen molar-refractivity contribution in [3.05, 3.63) is 64.2 Å². The average Bonchev–Trinajstić information content (AvgIpc) is 2.54. The van der Waals surface area contributed by atoms with Crippen LogP contribution < -0.4 is 9.62 Å². The number of anilines is 1. The molecule has 0 saturated carbocycles. The van der Waals surface area contributed by atoms with Gasteiger partial charge in [-0.05, 0) is 68.1 Å². The minimum Gasteiger partial charge on any atom is -0.354 e. The second kappa shape index (κ2) is 8.76. The van der Waals surface area contributed by atoms with E-state index < -0.39 is 16.1 Å². The molecule has 0 aliphatic rings. The predicted molar refractivity (Wildman–Crippen MR) is 111 cm³/mol. The molecule has 0 saturated heterocycles. The van der Waals surface area contributed by atoms with Gasteiger partial charge in [0.25, 0.3) is 0 Å². The third-order valence-corrected chi connectivity index (χ3v) is 5.67. The van der Waals surface area contributed by atoms with Crippen LogP contribution >= 0.6 is 11.6 Å². The van der Waals surface area contributed by atoms with Gasteiger partial charge in [0, 0.05) is 11.6 Å². The van der Waals surface area contributed by atoms with E-state index in [0.717, 1.165) is 22.9 Å². The summed E-state index contributed by atoms with van der Waals surface area (Å²) in [7, 11) is -3.62. The molecule has 0 fully saturated rings. The Kier molecular flexibility index (Phi) is 6.89. The van der Waals surface area contributed by atoms with E-state index in [4.69, 9.17) is 11.6 Å². The van der Waals surface area contributed by atoms with Gasteiger partial charge in [-0.1, -0.05) is 29.8 Å². The molecule has 5 nitrogen and oxygen atoms in total. The summed E-state index contributed by atoms with van der Waals surface area (Å²) in [5, 5.41) is 3.48. The van der Waals surface area contributed by atoms with Crippen molar-refractivity contribution < 1.29 is 13.2 Å². The molecule has 0 bridgehead atoms. The maximum absolute atomic E-state index is 12.6. The summed E-state index contributed by atoms with van der Waals surface area (Å²) < 4.78 is 25.9. The Hall–Kier alpha value is -2.05. The topological polar surface area (TPSA) is 66.5 Å². The van der Waals surface area contributed by atoms with E-state index in [9.17, 15) is 13.2 Å². The maximum Gasteiger partial charge on any atom is 0.243 e. The lowest BCUT2D eigenvalue weighted by molar-refractivity contribution is -0.121. The highest BCUT2D eigenvalue weighted by Crippen LogP contribution is 2.23. The number of amides is 1. The highest BCUT2D eigenvalue weighted by atomic mass is 35.5. The summed E-state index contributed by atoms with van der Waals surface area (Å²) in [6.45, 7) is 5.80. The van der Waals surface area contributed by atoms with Crippen molar-refractivity contribution in [3.63, 3.8) is 0 Å². The van der Waals surface area contributed by atoms with Gasteiger partial charge in [0.05, 0.1) is 11.9 Å². The van der Waals surface area contributed by atoms with Gasteiger partial charge >= 0.3 is 0 Å². The number of sulfonamides is 1. The number of hydrogen-bond donors (Lipinski definition) is 1. The smallest absolute Gasteiger partial charge is 0.243 e. The first-order chi connectivity index (χ1) is 12.6. The van der Waals surface area contributed by atoms with Gasteiger partial charge in [-0.2, -0.15) is 0 Å². The van der Waals surface area contributed by atoms with E-state index in [1.807, 2.05) is 32.0 Å². The molecular formula is C20H25ClN2O3S. The highest BCUT2D eigenvalue weighted by Gasteiger charge is 2.29. The SMILES string of the molecule is Cc1cc(C)cc(N([C@H](C)C(=O)NCCc2ccc(Cl)cc2)S(C)(=O)=O)c1. The monoisotopic (exact) mass is 408 g/mol. The number of nitrogens with one attached hydrogen (secondary N) is 1. The molecule has 2 rings (SSSR count). The van der Waals surface area contributed by atoms with E-state index in [1.165, 1.54) is 4.31 Å². The van der Waals surface area contributed by atoms with Gasteiger partial charge in [-0.3, -0.25) is 9.10 Å². The molecule has 7 heteroatoms. The number of aryl methyl sites for hydroxylation is 2. The lowest BCUT2D eigenvalue weighted by Gasteiger charge is -2.28. The van der Waals surface area contributed by atoms with Crippen LogP contribution in [0.3, 0.4) is 0 Å². The Morgan fingerprint density at radius 1 is 1.11 bits per heavy atom. The van der Waals surface area contributed by atoms with Crippen molar-refractivity contribution in [2.75, 3.05) is 17.1 Å². The molecule has 0 spiro atoms. The largest absolute Gasteiger partial charge is 0.354 e. The molecule has 2 aromatic rings. The minimum absolute atomic E-state index is 0.339.